The Kier molecular flexibility index (Phi) is 23.3. The lowest BCUT2D eigenvalue weighted by atomic mass is 9.99. The molecular formula is C52H72N16O10S2. The van der Waals surface area contributed by atoms with Gasteiger partial charge in [-0.2, -0.15) is 25.3 Å². The fourth-order valence-corrected chi connectivity index (χ4v) is 9.08. The number of unbranched alkanes of at least 4 members (excludes halogenated alkanes) is 1. The minimum Gasteiger partial charge on any atom is -0.370 e. The molecule has 0 saturated carbocycles. The number of H-pyrrole nitrogens is 2. The topological polar surface area (TPSA) is 405 Å². The molecule has 1 saturated heterocycles. The number of nitrogens with one attached hydrogen (secondary N) is 10. The SMILES string of the molecule is CCCC[C@@H]1NC(=O)N(CC(=O)N[C@H](CS)C(=O)N[C@@H](C)C(=O)N[C@H](Cc2cnc[nH]2)C(=O)N[C@@H](Cc2ccccc2)C(=O)N[C@H](CCCN=C(N)N)C(=O)N[C@H](Cc2c[nH]c3ccccc23)C(=O)N[C@@H](C(N)=O)C(C)(C)S)C1=O. The molecule has 26 nitrogen and oxygen atoms in total. The maximum Gasteiger partial charge on any atom is 0.325 e. The molecule has 2 aromatic heterocycles. The first-order valence-corrected chi connectivity index (χ1v) is 27.0. The lowest BCUT2D eigenvalue weighted by molar-refractivity contribution is -0.135. The van der Waals surface area contributed by atoms with Crippen molar-refractivity contribution in [2.45, 2.75) is 132 Å². The molecule has 4 aromatic rings. The van der Waals surface area contributed by atoms with Crippen LogP contribution < -0.4 is 59.7 Å². The zero-order valence-electron chi connectivity index (χ0n) is 44.9. The quantitative estimate of drug-likeness (QED) is 0.00910. The van der Waals surface area contributed by atoms with Gasteiger partial charge in [-0.3, -0.25) is 53.0 Å². The zero-order chi connectivity index (χ0) is 58.7. The van der Waals surface area contributed by atoms with Crippen LogP contribution in [0.1, 0.15) is 76.6 Å². The number of nitrogens with two attached hydrogens (primary N) is 3. The highest BCUT2D eigenvalue weighted by Gasteiger charge is 2.40. The second-order valence-electron chi connectivity index (χ2n) is 19.8. The number of aromatic amines is 2. The molecule has 3 heterocycles. The number of amides is 11. The summed E-state index contributed by atoms with van der Waals surface area (Å²) < 4.78 is -1.12. The Hall–Kier alpha value is -8.14. The molecule has 1 aliphatic heterocycles. The number of aliphatic imine (C=N–C) groups is 1. The molecule has 0 aliphatic carbocycles. The highest BCUT2D eigenvalue weighted by molar-refractivity contribution is 7.81. The molecule has 16 N–H and O–H groups in total. The number of guanidine groups is 1. The lowest BCUT2D eigenvalue weighted by Crippen LogP contribution is -2.61. The van der Waals surface area contributed by atoms with Gasteiger partial charge in [-0.1, -0.05) is 68.3 Å². The van der Waals surface area contributed by atoms with Gasteiger partial charge >= 0.3 is 6.03 Å². The van der Waals surface area contributed by atoms with Crippen LogP contribution in [0.4, 0.5) is 4.79 Å². The number of carbonyl (C=O) groups is 10. The molecule has 1 fully saturated rings. The summed E-state index contributed by atoms with van der Waals surface area (Å²) in [5.41, 5.74) is 19.2. The predicted molar refractivity (Wildman–Crippen MR) is 303 cm³/mol. The molecule has 8 atom stereocenters. The average molecular weight is 1150 g/mol. The van der Waals surface area contributed by atoms with Crippen molar-refractivity contribution >= 4 is 101 Å². The first kappa shape index (κ1) is 62.7. The smallest absolute Gasteiger partial charge is 0.325 e. The van der Waals surface area contributed by atoms with E-state index in [-0.39, 0.29) is 50.4 Å². The zero-order valence-corrected chi connectivity index (χ0v) is 46.7. The third kappa shape index (κ3) is 18.5. The molecular weight excluding hydrogens is 1070 g/mol. The van der Waals surface area contributed by atoms with Crippen molar-refractivity contribution in [3.63, 3.8) is 0 Å². The highest BCUT2D eigenvalue weighted by Crippen LogP contribution is 2.22. The van der Waals surface area contributed by atoms with Crippen LogP contribution in [0.25, 0.3) is 10.9 Å². The fourth-order valence-electron chi connectivity index (χ4n) is 8.63. The second-order valence-corrected chi connectivity index (χ2v) is 21.3. The molecule has 2 aromatic carbocycles. The molecule has 28 heteroatoms. The molecule has 0 unspecified atom stereocenters. The maximum absolute atomic E-state index is 14.7. The van der Waals surface area contributed by atoms with Crippen molar-refractivity contribution in [1.82, 2.24) is 62.4 Å². The Morgan fingerprint density at radius 1 is 0.738 bits per heavy atom. The number of hydrogen-bond acceptors (Lipinski definition) is 14. The van der Waals surface area contributed by atoms with Crippen molar-refractivity contribution in [1.29, 1.82) is 0 Å². The van der Waals surface area contributed by atoms with E-state index >= 15 is 0 Å². The van der Waals surface area contributed by atoms with E-state index in [1.165, 1.54) is 19.4 Å². The predicted octanol–water partition coefficient (Wildman–Crippen LogP) is -1.38. The van der Waals surface area contributed by atoms with Crippen LogP contribution in [0.2, 0.25) is 0 Å². The molecule has 11 amide bonds. The number of para-hydroxylation sites is 1. The summed E-state index contributed by atoms with van der Waals surface area (Å²) in [6.07, 6.45) is 6.00. The summed E-state index contributed by atoms with van der Waals surface area (Å²) >= 11 is 8.67. The normalized spacial score (nSPS) is 15.9. The van der Waals surface area contributed by atoms with E-state index in [1.807, 2.05) is 31.2 Å². The highest BCUT2D eigenvalue weighted by atomic mass is 32.1. The second kappa shape index (κ2) is 29.7. The Morgan fingerprint density at radius 2 is 1.34 bits per heavy atom. The van der Waals surface area contributed by atoms with Gasteiger partial charge in [-0.25, -0.2) is 9.78 Å². The summed E-state index contributed by atoms with van der Waals surface area (Å²) in [5.74, 6) is -7.73. The Labute approximate surface area is 473 Å². The summed E-state index contributed by atoms with van der Waals surface area (Å²) in [6, 6.07) is 4.90. The summed E-state index contributed by atoms with van der Waals surface area (Å²) in [5, 5.41) is 21.7. The molecule has 80 heavy (non-hydrogen) atoms. The van der Waals surface area contributed by atoms with Gasteiger partial charge in [-0.15, -0.1) is 0 Å². The minimum absolute atomic E-state index is 0.0428. The van der Waals surface area contributed by atoms with Crippen LogP contribution in [-0.4, -0.2) is 157 Å². The van der Waals surface area contributed by atoms with Crippen LogP contribution in [-0.2, 0) is 62.4 Å². The van der Waals surface area contributed by atoms with Crippen LogP contribution in [0.15, 0.2) is 78.3 Å². The number of hydrogen-bond donors (Lipinski definition) is 15. The number of imide groups is 1. The molecule has 5 rings (SSSR count). The van der Waals surface area contributed by atoms with Crippen LogP contribution in [0, 0.1) is 0 Å². The number of aromatic nitrogens is 3. The first-order chi connectivity index (χ1) is 38.0. The number of carbonyl (C=O) groups excluding carboxylic acids is 10. The third-order valence-electron chi connectivity index (χ3n) is 13.0. The average Bonchev–Trinajstić information content (AvgIpc) is 4.17. The van der Waals surface area contributed by atoms with Crippen molar-refractivity contribution < 1.29 is 47.9 Å². The number of fused-ring (bicyclic) bond motifs is 1. The van der Waals surface area contributed by atoms with Gasteiger partial charge in [0, 0.05) is 65.3 Å². The van der Waals surface area contributed by atoms with Crippen LogP contribution in [0.5, 0.6) is 0 Å². The van der Waals surface area contributed by atoms with Crippen molar-refractivity contribution in [3.05, 3.63) is 90.1 Å². The van der Waals surface area contributed by atoms with E-state index in [0.717, 1.165) is 22.2 Å². The van der Waals surface area contributed by atoms with Gasteiger partial charge in [0.25, 0.3) is 5.91 Å². The summed E-state index contributed by atoms with van der Waals surface area (Å²) in [4.78, 5) is 151. The third-order valence-corrected chi connectivity index (χ3v) is 13.6. The van der Waals surface area contributed by atoms with Crippen molar-refractivity contribution in [2.24, 2.45) is 22.2 Å². The number of nitrogens with zero attached hydrogens (tertiary/aromatic N) is 3. The molecule has 0 bridgehead atoms. The van der Waals surface area contributed by atoms with E-state index in [4.69, 9.17) is 17.2 Å². The monoisotopic (exact) mass is 1140 g/mol. The Balaban J connectivity index is 1.36. The number of imidazole rings is 1. The number of primary amides is 1. The maximum atomic E-state index is 14.7. The standard InChI is InChI=1S/C52H72N16O10S2/c1-5-6-16-35-49(77)68(51(78)66-35)25-40(69)61-39(26-79)48(76)60-28(2)43(71)63-38(22-31-24-56-27-59-31)46(74)64-36(20-29-13-8-7-9-14-29)45(73)62-34(18-12-19-57-50(54)55)44(72)65-37(47(75)67-41(42(53)70)52(3,4)80)21-30-23-58-33-17-11-10-15-32(30)33/h7-11,13-15,17,23-24,27-28,34-39,41,58,79-80H,5-6,12,16,18-22,25-26H2,1-4H3,(H2,53,70)(H,56,59)(H,60,76)(H,61,69)(H,62,73)(H,63,71)(H,64,74)(H,65,72)(H,66,78)(H,67,75)(H4,54,55,57)/t28-,34+,35-,36-,37+,38+,39+,41-/m0/s1. The molecule has 1 aliphatic rings. The van der Waals surface area contributed by atoms with Gasteiger partial charge in [0.2, 0.25) is 47.3 Å². The van der Waals surface area contributed by atoms with Gasteiger partial charge in [0.05, 0.1) is 6.33 Å². The Morgan fingerprint density at radius 3 is 1.96 bits per heavy atom. The van der Waals surface area contributed by atoms with E-state index in [0.29, 0.717) is 29.7 Å². The van der Waals surface area contributed by atoms with Gasteiger partial charge in [0.1, 0.15) is 54.9 Å². The fraction of sp³-hybridized carbons (Fsp3) is 0.462. The minimum atomic E-state index is -1.42. The molecule has 0 spiro atoms. The number of thiol groups is 2. The largest absolute Gasteiger partial charge is 0.370 e. The van der Waals surface area contributed by atoms with Crippen molar-refractivity contribution in [3.8, 4) is 0 Å². The number of benzene rings is 2. The first-order valence-electron chi connectivity index (χ1n) is 26.0. The van der Waals surface area contributed by atoms with E-state index in [9.17, 15) is 47.9 Å². The lowest BCUT2D eigenvalue weighted by Gasteiger charge is -2.30. The van der Waals surface area contributed by atoms with E-state index in [1.54, 1.807) is 50.4 Å². The Bertz CT molecular complexity index is 2860. The summed E-state index contributed by atoms with van der Waals surface area (Å²) in [7, 11) is 0. The molecule has 0 radical (unpaired) electrons. The van der Waals surface area contributed by atoms with Gasteiger partial charge in [-0.05, 0) is 57.2 Å². The number of urea groups is 1. The van der Waals surface area contributed by atoms with E-state index in [2.05, 4.69) is 87.7 Å². The summed E-state index contributed by atoms with van der Waals surface area (Å²) in [6.45, 7) is 5.81. The molecule has 432 valence electrons. The number of rotatable bonds is 31. The van der Waals surface area contributed by atoms with Gasteiger partial charge < -0.3 is 69.7 Å². The van der Waals surface area contributed by atoms with Crippen LogP contribution in [0.3, 0.4) is 0 Å². The van der Waals surface area contributed by atoms with Crippen LogP contribution >= 0.6 is 25.3 Å². The van der Waals surface area contributed by atoms with E-state index < -0.39 is 119 Å². The van der Waals surface area contributed by atoms with Crippen molar-refractivity contribution in [2.75, 3.05) is 18.8 Å². The van der Waals surface area contributed by atoms with Gasteiger partial charge in [0.15, 0.2) is 5.96 Å².